The number of hydrogen-bond acceptors (Lipinski definition) is 6. The number of methoxy groups -OCH3 is 2. The summed E-state index contributed by atoms with van der Waals surface area (Å²) >= 11 is 5.84. The van der Waals surface area contributed by atoms with Gasteiger partial charge >= 0.3 is 0 Å². The molecule has 2 N–H and O–H groups in total. The second kappa shape index (κ2) is 7.51. The van der Waals surface area contributed by atoms with Gasteiger partial charge in [0.25, 0.3) is 0 Å². The Kier molecular flexibility index (Phi) is 5.95. The van der Waals surface area contributed by atoms with Crippen molar-refractivity contribution in [3.63, 3.8) is 0 Å². The Morgan fingerprint density at radius 2 is 1.90 bits per heavy atom. The smallest absolute Gasteiger partial charge is 0.184 e. The molecule has 5 unspecified atom stereocenters. The number of ether oxygens (including phenoxy) is 4. The van der Waals surface area contributed by atoms with E-state index in [1.54, 1.807) is 24.3 Å². The van der Waals surface area contributed by atoms with Gasteiger partial charge in [0.05, 0.1) is 6.61 Å². The first kappa shape index (κ1) is 16.6. The van der Waals surface area contributed by atoms with E-state index in [1.165, 1.54) is 14.2 Å². The molecule has 1 saturated heterocycles. The molecule has 2 rings (SSSR count). The molecule has 7 heteroatoms. The molecule has 0 saturated carbocycles. The SMILES string of the molecule is COC(O)C(O)C1OC(c2ccc(Cl)cc2)OCC1OC. The fourth-order valence-corrected chi connectivity index (χ4v) is 2.27. The quantitative estimate of drug-likeness (QED) is 0.792. The summed E-state index contributed by atoms with van der Waals surface area (Å²) in [4.78, 5) is 0. The summed E-state index contributed by atoms with van der Waals surface area (Å²) in [6.07, 6.45) is -4.57. The van der Waals surface area contributed by atoms with Crippen LogP contribution in [0.15, 0.2) is 24.3 Å². The van der Waals surface area contributed by atoms with Crippen LogP contribution in [0.5, 0.6) is 0 Å². The molecule has 0 spiro atoms. The molecular weight excluding hydrogens is 300 g/mol. The van der Waals surface area contributed by atoms with Gasteiger partial charge in [0.1, 0.15) is 18.3 Å². The predicted octanol–water partition coefficient (Wildman–Crippen LogP) is 1.09. The lowest BCUT2D eigenvalue weighted by molar-refractivity contribution is -0.301. The highest BCUT2D eigenvalue weighted by atomic mass is 35.5. The molecule has 1 aliphatic rings. The molecule has 1 fully saturated rings. The van der Waals surface area contributed by atoms with Crippen LogP contribution < -0.4 is 0 Å². The zero-order valence-corrected chi connectivity index (χ0v) is 12.6. The van der Waals surface area contributed by atoms with E-state index in [9.17, 15) is 10.2 Å². The number of halogens is 1. The molecule has 5 atom stereocenters. The van der Waals surface area contributed by atoms with Gasteiger partial charge in [-0.05, 0) is 12.1 Å². The fraction of sp³-hybridized carbons (Fsp3) is 0.571. The van der Waals surface area contributed by atoms with Crippen LogP contribution in [0.1, 0.15) is 11.9 Å². The van der Waals surface area contributed by atoms with Crippen molar-refractivity contribution in [3.8, 4) is 0 Å². The Morgan fingerprint density at radius 3 is 2.48 bits per heavy atom. The lowest BCUT2D eigenvalue weighted by Gasteiger charge is -2.39. The Balaban J connectivity index is 2.12. The lowest BCUT2D eigenvalue weighted by atomic mass is 10.1. The lowest BCUT2D eigenvalue weighted by Crippen LogP contribution is -2.52. The van der Waals surface area contributed by atoms with Gasteiger partial charge in [-0.3, -0.25) is 0 Å². The average Bonchev–Trinajstić information content (AvgIpc) is 2.53. The number of aliphatic hydroxyl groups is 2. The van der Waals surface area contributed by atoms with Crippen LogP contribution in [0.4, 0.5) is 0 Å². The second-order valence-corrected chi connectivity index (χ2v) is 5.14. The molecule has 0 bridgehead atoms. The van der Waals surface area contributed by atoms with Crippen LogP contribution in [0.3, 0.4) is 0 Å². The van der Waals surface area contributed by atoms with Crippen LogP contribution >= 0.6 is 11.6 Å². The molecule has 0 radical (unpaired) electrons. The van der Waals surface area contributed by atoms with Gasteiger partial charge in [-0.2, -0.15) is 0 Å². The predicted molar refractivity (Wildman–Crippen MR) is 74.8 cm³/mol. The highest BCUT2D eigenvalue weighted by Crippen LogP contribution is 2.30. The minimum atomic E-state index is -1.36. The number of aliphatic hydroxyl groups excluding tert-OH is 2. The molecule has 0 aromatic heterocycles. The maximum absolute atomic E-state index is 10.1. The normalized spacial score (nSPS) is 29.1. The van der Waals surface area contributed by atoms with E-state index < -0.39 is 30.9 Å². The van der Waals surface area contributed by atoms with Crippen LogP contribution in [-0.4, -0.2) is 55.6 Å². The van der Waals surface area contributed by atoms with E-state index in [0.717, 1.165) is 5.56 Å². The van der Waals surface area contributed by atoms with Crippen LogP contribution in [-0.2, 0) is 18.9 Å². The van der Waals surface area contributed by atoms with E-state index in [1.807, 2.05) is 0 Å². The van der Waals surface area contributed by atoms with Gasteiger partial charge in [0, 0.05) is 24.8 Å². The topological polar surface area (TPSA) is 77.4 Å². The minimum Gasteiger partial charge on any atom is -0.385 e. The molecular formula is C14H19ClO6. The van der Waals surface area contributed by atoms with Crippen molar-refractivity contribution < 1.29 is 29.2 Å². The van der Waals surface area contributed by atoms with Crippen molar-refractivity contribution >= 4 is 11.6 Å². The Labute approximate surface area is 128 Å². The second-order valence-electron chi connectivity index (χ2n) is 4.71. The summed E-state index contributed by atoms with van der Waals surface area (Å²) in [5.41, 5.74) is 0.762. The first-order chi connectivity index (χ1) is 10.1. The first-order valence-electron chi connectivity index (χ1n) is 6.51. The first-order valence-corrected chi connectivity index (χ1v) is 6.89. The van der Waals surface area contributed by atoms with Crippen molar-refractivity contribution in [3.05, 3.63) is 34.9 Å². The molecule has 1 aromatic rings. The largest absolute Gasteiger partial charge is 0.385 e. The van der Waals surface area contributed by atoms with Crippen LogP contribution in [0, 0.1) is 0 Å². The average molecular weight is 319 g/mol. The minimum absolute atomic E-state index is 0.224. The number of hydrogen-bond donors (Lipinski definition) is 2. The summed E-state index contributed by atoms with van der Waals surface area (Å²) < 4.78 is 21.2. The van der Waals surface area contributed by atoms with Gasteiger partial charge < -0.3 is 29.2 Å². The maximum Gasteiger partial charge on any atom is 0.184 e. The van der Waals surface area contributed by atoms with Crippen molar-refractivity contribution in [2.45, 2.75) is 30.9 Å². The van der Waals surface area contributed by atoms with Gasteiger partial charge in [-0.1, -0.05) is 23.7 Å². The van der Waals surface area contributed by atoms with Gasteiger partial charge in [0.2, 0.25) is 0 Å². The molecule has 118 valence electrons. The zero-order chi connectivity index (χ0) is 15.4. The van der Waals surface area contributed by atoms with E-state index in [0.29, 0.717) is 5.02 Å². The van der Waals surface area contributed by atoms with E-state index >= 15 is 0 Å². The summed E-state index contributed by atoms with van der Waals surface area (Å²) in [6, 6.07) is 7.00. The van der Waals surface area contributed by atoms with Crippen molar-refractivity contribution in [2.24, 2.45) is 0 Å². The summed E-state index contributed by atoms with van der Waals surface area (Å²) in [5.74, 6) is 0. The highest BCUT2D eigenvalue weighted by Gasteiger charge is 2.40. The van der Waals surface area contributed by atoms with Crippen molar-refractivity contribution in [2.75, 3.05) is 20.8 Å². The number of benzene rings is 1. The Morgan fingerprint density at radius 1 is 1.24 bits per heavy atom. The monoisotopic (exact) mass is 318 g/mol. The summed E-state index contributed by atoms with van der Waals surface area (Å²) in [5, 5.41) is 20.3. The standard InChI is InChI=1S/C14H19ClO6/c1-18-10-7-20-14(8-3-5-9(15)6-4-8)21-12(10)11(16)13(17)19-2/h3-6,10-14,16-17H,7H2,1-2H3. The fourth-order valence-electron chi connectivity index (χ4n) is 2.15. The van der Waals surface area contributed by atoms with Gasteiger partial charge in [0.15, 0.2) is 12.6 Å². The van der Waals surface area contributed by atoms with E-state index in [2.05, 4.69) is 0 Å². The maximum atomic E-state index is 10.1. The van der Waals surface area contributed by atoms with Crippen LogP contribution in [0.2, 0.25) is 5.02 Å². The molecule has 0 amide bonds. The van der Waals surface area contributed by atoms with Crippen molar-refractivity contribution in [1.29, 1.82) is 0 Å². The number of rotatable bonds is 5. The molecule has 0 aliphatic carbocycles. The summed E-state index contributed by atoms with van der Waals surface area (Å²) in [7, 11) is 2.78. The third kappa shape index (κ3) is 3.92. The zero-order valence-electron chi connectivity index (χ0n) is 11.8. The third-order valence-electron chi connectivity index (χ3n) is 3.37. The molecule has 21 heavy (non-hydrogen) atoms. The molecule has 6 nitrogen and oxygen atoms in total. The van der Waals surface area contributed by atoms with Crippen LogP contribution in [0.25, 0.3) is 0 Å². The van der Waals surface area contributed by atoms with Crippen molar-refractivity contribution in [1.82, 2.24) is 0 Å². The summed E-state index contributed by atoms with van der Waals surface area (Å²) in [6.45, 7) is 0.224. The van der Waals surface area contributed by atoms with Gasteiger partial charge in [-0.15, -0.1) is 0 Å². The molecule has 1 aromatic carbocycles. The highest BCUT2D eigenvalue weighted by molar-refractivity contribution is 6.30. The van der Waals surface area contributed by atoms with E-state index in [4.69, 9.17) is 30.5 Å². The van der Waals surface area contributed by atoms with E-state index in [-0.39, 0.29) is 6.61 Å². The molecule has 1 aliphatic heterocycles. The van der Waals surface area contributed by atoms with Gasteiger partial charge in [-0.25, -0.2) is 0 Å². The third-order valence-corrected chi connectivity index (χ3v) is 3.63. The molecule has 1 heterocycles. The Hall–Kier alpha value is -0.730. The Bertz CT molecular complexity index is 440.